The zero-order valence-electron chi connectivity index (χ0n) is 22.0. The van der Waals surface area contributed by atoms with Crippen molar-refractivity contribution in [2.24, 2.45) is 5.92 Å². The van der Waals surface area contributed by atoms with Crippen LogP contribution in [0.4, 0.5) is 9.59 Å². The number of carboxylic acids is 1. The first kappa shape index (κ1) is 30.8. The number of carboxylic acid groups (broad SMARTS) is 1. The lowest BCUT2D eigenvalue weighted by atomic mass is 10.1. The van der Waals surface area contributed by atoms with Crippen LogP contribution < -0.4 is 10.6 Å². The van der Waals surface area contributed by atoms with Crippen LogP contribution in [0.25, 0.3) is 0 Å². The van der Waals surface area contributed by atoms with Crippen LogP contribution in [-0.2, 0) is 36.5 Å². The van der Waals surface area contributed by atoms with E-state index in [0.717, 1.165) is 5.56 Å². The van der Waals surface area contributed by atoms with Crippen LogP contribution in [0.5, 0.6) is 0 Å². The molecule has 0 fully saturated rings. The van der Waals surface area contributed by atoms with Crippen molar-refractivity contribution in [1.29, 1.82) is 0 Å². The number of alkyl carbamates (subject to hydrolysis) is 2. The van der Waals surface area contributed by atoms with E-state index in [4.69, 9.17) is 14.0 Å². The third-order valence-electron chi connectivity index (χ3n) is 5.03. The molecular formula is C26H35N2O9P. The van der Waals surface area contributed by atoms with Gasteiger partial charge in [0.15, 0.2) is 6.10 Å². The summed E-state index contributed by atoms with van der Waals surface area (Å²) in [5, 5.41) is 14.7. The minimum atomic E-state index is -4.74. The minimum absolute atomic E-state index is 0.0231. The molecule has 11 nitrogen and oxygen atoms in total. The summed E-state index contributed by atoms with van der Waals surface area (Å²) in [4.78, 5) is 47.0. The zero-order chi connectivity index (χ0) is 28.5. The number of hydrogen-bond acceptors (Lipinski definition) is 7. The van der Waals surface area contributed by atoms with Crippen LogP contribution in [0.2, 0.25) is 0 Å². The Morgan fingerprint density at radius 3 is 2.18 bits per heavy atom. The van der Waals surface area contributed by atoms with Gasteiger partial charge in [-0.15, -0.1) is 0 Å². The summed E-state index contributed by atoms with van der Waals surface area (Å²) in [6, 6.07) is 14.9. The second-order valence-corrected chi connectivity index (χ2v) is 11.8. The summed E-state index contributed by atoms with van der Waals surface area (Å²) in [6.07, 6.45) is -3.43. The van der Waals surface area contributed by atoms with E-state index >= 15 is 0 Å². The highest BCUT2D eigenvalue weighted by Crippen LogP contribution is 2.52. The van der Waals surface area contributed by atoms with Gasteiger partial charge in [0, 0.05) is 6.54 Å². The third kappa shape index (κ3) is 10.2. The standard InChI is InChI=1S/C26H35N2O9P/c1-17(2)22(28-25(32)35-16-18-10-7-6-8-11-18)38(33,34)37-21(23(29)30)20-13-9-12-19(14-20)15-27-24(31)36-26(3,4)5/h6-14,17,21-22H,15-16H2,1-5H3,(H,27,31)(H,28,32)(H,29,30)(H,33,34). The maximum atomic E-state index is 13.2. The summed E-state index contributed by atoms with van der Waals surface area (Å²) in [5.41, 5.74) is 0.619. The molecule has 0 aliphatic rings. The van der Waals surface area contributed by atoms with Gasteiger partial charge < -0.3 is 30.1 Å². The summed E-state index contributed by atoms with van der Waals surface area (Å²) < 4.78 is 28.8. The third-order valence-corrected chi connectivity index (χ3v) is 6.97. The van der Waals surface area contributed by atoms with Gasteiger partial charge in [0.1, 0.15) is 18.0 Å². The Kier molecular flexibility index (Phi) is 10.9. The summed E-state index contributed by atoms with van der Waals surface area (Å²) in [5.74, 6) is -3.55. The van der Waals surface area contributed by atoms with Crippen LogP contribution in [0.3, 0.4) is 0 Å². The van der Waals surface area contributed by atoms with Crippen LogP contribution >= 0.6 is 7.60 Å². The summed E-state index contributed by atoms with van der Waals surface area (Å²) >= 11 is 0. The first-order chi connectivity index (χ1) is 17.7. The van der Waals surface area contributed by atoms with Crippen molar-refractivity contribution in [2.45, 2.75) is 65.3 Å². The Labute approximate surface area is 222 Å². The molecule has 2 rings (SSSR count). The molecule has 4 N–H and O–H groups in total. The molecule has 2 aromatic carbocycles. The van der Waals surface area contributed by atoms with E-state index in [1.165, 1.54) is 18.2 Å². The highest BCUT2D eigenvalue weighted by Gasteiger charge is 2.41. The molecule has 2 aromatic rings. The van der Waals surface area contributed by atoms with Gasteiger partial charge in [0.05, 0.1) is 0 Å². The van der Waals surface area contributed by atoms with Gasteiger partial charge in [-0.05, 0) is 43.4 Å². The molecule has 0 aromatic heterocycles. The largest absolute Gasteiger partial charge is 0.479 e. The van der Waals surface area contributed by atoms with Crippen molar-refractivity contribution in [3.63, 3.8) is 0 Å². The van der Waals surface area contributed by atoms with Crippen molar-refractivity contribution in [1.82, 2.24) is 10.6 Å². The second-order valence-electron chi connectivity index (χ2n) is 9.88. The lowest BCUT2D eigenvalue weighted by Gasteiger charge is -2.28. The van der Waals surface area contributed by atoms with Crippen molar-refractivity contribution in [3.8, 4) is 0 Å². The average molecular weight is 551 g/mol. The Morgan fingerprint density at radius 1 is 0.974 bits per heavy atom. The maximum absolute atomic E-state index is 13.2. The number of amides is 2. The lowest BCUT2D eigenvalue weighted by Crippen LogP contribution is -2.39. The molecule has 0 spiro atoms. The van der Waals surface area contributed by atoms with Crippen molar-refractivity contribution in [3.05, 3.63) is 71.3 Å². The van der Waals surface area contributed by atoms with Gasteiger partial charge >= 0.3 is 25.8 Å². The average Bonchev–Trinajstić information content (AvgIpc) is 2.82. The van der Waals surface area contributed by atoms with E-state index in [1.54, 1.807) is 65.0 Å². The topological polar surface area (TPSA) is 160 Å². The number of rotatable bonds is 11. The number of ether oxygens (including phenoxy) is 2. The van der Waals surface area contributed by atoms with Gasteiger partial charge in [-0.2, -0.15) is 0 Å². The minimum Gasteiger partial charge on any atom is -0.479 e. The number of nitrogens with one attached hydrogen (secondary N) is 2. The molecular weight excluding hydrogens is 515 g/mol. The SMILES string of the molecule is CC(C)C(NC(=O)OCc1ccccc1)P(=O)(O)OC(C(=O)O)c1cccc(CNC(=O)OC(C)(C)C)c1. The molecule has 0 heterocycles. The first-order valence-corrected chi connectivity index (χ1v) is 13.6. The number of benzene rings is 2. The number of carbonyl (C=O) groups excluding carboxylic acids is 2. The van der Waals surface area contributed by atoms with Crippen LogP contribution in [0.15, 0.2) is 54.6 Å². The molecule has 0 bridgehead atoms. The number of hydrogen-bond donors (Lipinski definition) is 4. The Balaban J connectivity index is 2.12. The predicted molar refractivity (Wildman–Crippen MR) is 139 cm³/mol. The predicted octanol–water partition coefficient (Wildman–Crippen LogP) is 4.95. The molecule has 0 saturated carbocycles. The molecule has 2 amide bonds. The molecule has 0 radical (unpaired) electrons. The molecule has 0 saturated heterocycles. The quantitative estimate of drug-likeness (QED) is 0.284. The molecule has 12 heteroatoms. The molecule has 208 valence electrons. The highest BCUT2D eigenvalue weighted by molar-refractivity contribution is 7.53. The van der Waals surface area contributed by atoms with Crippen LogP contribution in [0.1, 0.15) is 57.4 Å². The normalized spacial score (nSPS) is 14.6. The van der Waals surface area contributed by atoms with Crippen LogP contribution in [0, 0.1) is 5.92 Å². The Bertz CT molecular complexity index is 1150. The van der Waals surface area contributed by atoms with Crippen molar-refractivity contribution in [2.75, 3.05) is 0 Å². The smallest absolute Gasteiger partial charge is 0.408 e. The van der Waals surface area contributed by atoms with Gasteiger partial charge in [0.25, 0.3) is 0 Å². The fourth-order valence-electron chi connectivity index (χ4n) is 3.33. The van der Waals surface area contributed by atoms with Gasteiger partial charge in [-0.1, -0.05) is 68.4 Å². The Morgan fingerprint density at radius 2 is 1.61 bits per heavy atom. The molecule has 0 aliphatic carbocycles. The van der Waals surface area contributed by atoms with Gasteiger partial charge in [-0.25, -0.2) is 14.4 Å². The van der Waals surface area contributed by atoms with E-state index in [0.29, 0.717) is 5.56 Å². The van der Waals surface area contributed by atoms with E-state index in [2.05, 4.69) is 10.6 Å². The van der Waals surface area contributed by atoms with Gasteiger partial charge in [0.2, 0.25) is 0 Å². The molecule has 3 atom stereocenters. The highest BCUT2D eigenvalue weighted by atomic mass is 31.2. The number of aliphatic carboxylic acids is 1. The fraction of sp³-hybridized carbons (Fsp3) is 0.423. The second kappa shape index (κ2) is 13.4. The lowest BCUT2D eigenvalue weighted by molar-refractivity contribution is -0.145. The fourth-order valence-corrected chi connectivity index (χ4v) is 5.00. The van der Waals surface area contributed by atoms with Gasteiger partial charge in [-0.3, -0.25) is 9.09 Å². The Hall–Kier alpha value is -3.40. The number of carbonyl (C=O) groups is 3. The zero-order valence-corrected chi connectivity index (χ0v) is 22.9. The van der Waals surface area contributed by atoms with Crippen molar-refractivity contribution >= 4 is 25.8 Å². The first-order valence-electron chi connectivity index (χ1n) is 11.9. The van der Waals surface area contributed by atoms with E-state index < -0.39 is 49.2 Å². The monoisotopic (exact) mass is 550 g/mol. The molecule has 3 unspecified atom stereocenters. The maximum Gasteiger partial charge on any atom is 0.408 e. The van der Waals surface area contributed by atoms with Crippen molar-refractivity contribution < 1.29 is 42.9 Å². The summed E-state index contributed by atoms with van der Waals surface area (Å²) in [7, 11) is -4.74. The molecule has 38 heavy (non-hydrogen) atoms. The summed E-state index contributed by atoms with van der Waals surface area (Å²) in [6.45, 7) is 8.28. The van der Waals surface area contributed by atoms with E-state index in [1.807, 2.05) is 6.07 Å². The van der Waals surface area contributed by atoms with Crippen LogP contribution in [-0.4, -0.2) is 39.5 Å². The van der Waals surface area contributed by atoms with E-state index in [-0.39, 0.29) is 18.7 Å². The van der Waals surface area contributed by atoms with E-state index in [9.17, 15) is 28.9 Å². The molecule has 0 aliphatic heterocycles.